The van der Waals surface area contributed by atoms with Crippen LogP contribution < -0.4 is 4.90 Å². The maximum absolute atomic E-state index is 12.6. The minimum atomic E-state index is -0.425. The lowest BCUT2D eigenvalue weighted by Crippen LogP contribution is -2.33. The molecule has 2 aliphatic carbocycles. The van der Waals surface area contributed by atoms with Gasteiger partial charge in [0.15, 0.2) is 5.82 Å². The highest BCUT2D eigenvalue weighted by Gasteiger charge is 2.58. The van der Waals surface area contributed by atoms with Crippen LogP contribution >= 0.6 is 0 Å². The number of fused-ring (bicyclic) bond motifs is 2. The predicted octanol–water partition coefficient (Wildman–Crippen LogP) is 3.71. The summed E-state index contributed by atoms with van der Waals surface area (Å²) in [6.45, 7) is 1.88. The number of aldehydes is 1. The van der Waals surface area contributed by atoms with Crippen molar-refractivity contribution >= 4 is 12.1 Å². The Labute approximate surface area is 208 Å². The van der Waals surface area contributed by atoms with E-state index in [1.165, 1.54) is 18.4 Å². The number of rotatable bonds is 7. The molecule has 9 nitrogen and oxygen atoms in total. The molecule has 3 aromatic heterocycles. The summed E-state index contributed by atoms with van der Waals surface area (Å²) in [5, 5.41) is 17.9. The van der Waals surface area contributed by atoms with Gasteiger partial charge >= 0.3 is 0 Å². The molecule has 0 amide bonds. The molecule has 3 aliphatic rings. The summed E-state index contributed by atoms with van der Waals surface area (Å²) in [5.41, 5.74) is 4.85. The Hall–Kier alpha value is -3.85. The van der Waals surface area contributed by atoms with Crippen LogP contribution in [0.1, 0.15) is 67.4 Å². The van der Waals surface area contributed by atoms with Crippen molar-refractivity contribution in [3.05, 3.63) is 72.1 Å². The first-order chi connectivity index (χ1) is 17.6. The molecule has 1 N–H and O–H groups in total. The van der Waals surface area contributed by atoms with Gasteiger partial charge in [0.05, 0.1) is 30.2 Å². The minimum absolute atomic E-state index is 0.0239. The predicted molar refractivity (Wildman–Crippen MR) is 133 cm³/mol. The Morgan fingerprint density at radius 1 is 1.19 bits per heavy atom. The van der Waals surface area contributed by atoms with Gasteiger partial charge in [-0.15, -0.1) is 10.2 Å². The standard InChI is InChI=1S/C27H27N7O2/c1-17(13-35)33-16-29-31-26(33)22-3-2-4-25(30-22)34-24(14-36)20-11-19(7-8-21(20)27(34)9-10-27)32-12-23(28-15-32)18-5-6-18/h2-4,7-8,11-12,14-18,24,35H,5-6,9-10,13H2,1H3/t17?,24-/m0/s1. The summed E-state index contributed by atoms with van der Waals surface area (Å²) >= 11 is 0. The van der Waals surface area contributed by atoms with Crippen molar-refractivity contribution in [2.45, 2.75) is 56.1 Å². The van der Waals surface area contributed by atoms with Gasteiger partial charge in [-0.1, -0.05) is 12.1 Å². The van der Waals surface area contributed by atoms with Gasteiger partial charge in [0.25, 0.3) is 0 Å². The highest BCUT2D eigenvalue weighted by Crippen LogP contribution is 2.61. The SMILES string of the molecule is CC(CO)n1cnnc1-c1cccc(N2[C@@H](C=O)c3cc(-n4cnc(C5CC5)c4)ccc3C23CC3)n1. The van der Waals surface area contributed by atoms with Crippen LogP contribution in [0.4, 0.5) is 5.82 Å². The molecule has 0 radical (unpaired) electrons. The normalized spacial score (nSPS) is 20.5. The van der Waals surface area contributed by atoms with Crippen LogP contribution in [0.2, 0.25) is 0 Å². The van der Waals surface area contributed by atoms with Gasteiger partial charge in [-0.3, -0.25) is 0 Å². The van der Waals surface area contributed by atoms with Crippen molar-refractivity contribution in [2.24, 2.45) is 0 Å². The van der Waals surface area contributed by atoms with Crippen molar-refractivity contribution in [1.29, 1.82) is 0 Å². The number of anilines is 1. The van der Waals surface area contributed by atoms with Crippen LogP contribution in [0.5, 0.6) is 0 Å². The Kier molecular flexibility index (Phi) is 4.66. The molecule has 2 saturated carbocycles. The number of pyridine rings is 1. The number of imidazole rings is 1. The van der Waals surface area contributed by atoms with Crippen LogP contribution in [0.25, 0.3) is 17.2 Å². The van der Waals surface area contributed by atoms with E-state index in [0.29, 0.717) is 17.4 Å². The van der Waals surface area contributed by atoms with E-state index < -0.39 is 6.04 Å². The fourth-order valence-electron chi connectivity index (χ4n) is 5.63. The fraction of sp³-hybridized carbons (Fsp3) is 0.370. The minimum Gasteiger partial charge on any atom is -0.394 e. The van der Waals surface area contributed by atoms with Gasteiger partial charge in [-0.05, 0) is 68.0 Å². The number of benzene rings is 1. The Bertz CT molecular complexity index is 1470. The summed E-state index contributed by atoms with van der Waals surface area (Å²) in [4.78, 5) is 24.3. The number of aliphatic hydroxyl groups excluding tert-OH is 1. The molecule has 1 aliphatic heterocycles. The third kappa shape index (κ3) is 3.15. The number of carbonyl (C=O) groups is 1. The first kappa shape index (κ1) is 21.4. The number of carbonyl (C=O) groups excluding carboxylic acids is 1. The maximum Gasteiger partial charge on any atom is 0.182 e. The number of hydrogen-bond donors (Lipinski definition) is 1. The van der Waals surface area contributed by atoms with Crippen molar-refractivity contribution in [3.63, 3.8) is 0 Å². The third-order valence-corrected chi connectivity index (χ3v) is 7.87. The van der Waals surface area contributed by atoms with Gasteiger partial charge < -0.3 is 23.9 Å². The maximum atomic E-state index is 12.6. The first-order valence-electron chi connectivity index (χ1n) is 12.5. The zero-order chi connectivity index (χ0) is 24.4. The number of aromatic nitrogens is 6. The molecule has 7 rings (SSSR count). The lowest BCUT2D eigenvalue weighted by atomic mass is 10.00. The van der Waals surface area contributed by atoms with Gasteiger partial charge in [0, 0.05) is 17.8 Å². The summed E-state index contributed by atoms with van der Waals surface area (Å²) in [7, 11) is 0. The molecule has 182 valence electrons. The highest BCUT2D eigenvalue weighted by molar-refractivity contribution is 5.77. The lowest BCUT2D eigenvalue weighted by molar-refractivity contribution is -0.109. The fourth-order valence-corrected chi connectivity index (χ4v) is 5.63. The van der Waals surface area contributed by atoms with Crippen molar-refractivity contribution in [2.75, 3.05) is 11.5 Å². The largest absolute Gasteiger partial charge is 0.394 e. The van der Waals surface area contributed by atoms with Gasteiger partial charge in [0.2, 0.25) is 0 Å². The number of aliphatic hydroxyl groups is 1. The van der Waals surface area contributed by atoms with E-state index in [-0.39, 0.29) is 18.2 Å². The van der Waals surface area contributed by atoms with E-state index in [2.05, 4.69) is 49.0 Å². The average molecular weight is 482 g/mol. The van der Waals surface area contributed by atoms with Crippen LogP contribution in [0.15, 0.2) is 55.2 Å². The van der Waals surface area contributed by atoms with Crippen molar-refractivity contribution in [1.82, 2.24) is 29.3 Å². The molecule has 1 aromatic carbocycles. The van der Waals surface area contributed by atoms with E-state index in [4.69, 9.17) is 4.98 Å². The van der Waals surface area contributed by atoms with Crippen LogP contribution in [-0.2, 0) is 10.3 Å². The quantitative estimate of drug-likeness (QED) is 0.402. The molecule has 36 heavy (non-hydrogen) atoms. The van der Waals surface area contributed by atoms with Crippen LogP contribution in [0.3, 0.4) is 0 Å². The van der Waals surface area contributed by atoms with E-state index in [9.17, 15) is 9.90 Å². The molecular formula is C27H27N7O2. The summed E-state index contributed by atoms with van der Waals surface area (Å²) in [6.07, 6.45) is 11.0. The monoisotopic (exact) mass is 481 g/mol. The number of hydrogen-bond acceptors (Lipinski definition) is 7. The second kappa shape index (κ2) is 7.83. The van der Waals surface area contributed by atoms with Crippen LogP contribution in [-0.4, -0.2) is 47.3 Å². The molecule has 0 bridgehead atoms. The Morgan fingerprint density at radius 3 is 2.81 bits per heavy atom. The molecule has 4 heterocycles. The molecule has 2 fully saturated rings. The zero-order valence-electron chi connectivity index (χ0n) is 20.0. The summed E-state index contributed by atoms with van der Waals surface area (Å²) in [5.74, 6) is 1.93. The first-order valence-corrected chi connectivity index (χ1v) is 12.5. The average Bonchev–Trinajstić information content (AvgIpc) is 3.78. The van der Waals surface area contributed by atoms with E-state index in [1.54, 1.807) is 6.33 Å². The molecule has 0 saturated heterocycles. The Balaban J connectivity index is 1.28. The van der Waals surface area contributed by atoms with E-state index in [1.807, 2.05) is 36.0 Å². The van der Waals surface area contributed by atoms with Gasteiger partial charge in [0.1, 0.15) is 30.2 Å². The van der Waals surface area contributed by atoms with Crippen molar-refractivity contribution < 1.29 is 9.90 Å². The van der Waals surface area contributed by atoms with Gasteiger partial charge in [-0.25, -0.2) is 9.97 Å². The summed E-state index contributed by atoms with van der Waals surface area (Å²) < 4.78 is 3.88. The number of nitrogens with zero attached hydrogens (tertiary/aromatic N) is 7. The molecule has 1 unspecified atom stereocenters. The molecule has 1 spiro atoms. The topological polar surface area (TPSA) is 102 Å². The molecule has 9 heteroatoms. The van der Waals surface area contributed by atoms with E-state index in [0.717, 1.165) is 41.9 Å². The Morgan fingerprint density at radius 2 is 2.06 bits per heavy atom. The second-order valence-electron chi connectivity index (χ2n) is 10.2. The summed E-state index contributed by atoms with van der Waals surface area (Å²) in [6, 6.07) is 11.6. The van der Waals surface area contributed by atoms with Crippen LogP contribution in [0, 0.1) is 0 Å². The molecule has 4 aromatic rings. The second-order valence-corrected chi connectivity index (χ2v) is 10.2. The van der Waals surface area contributed by atoms with Gasteiger partial charge in [-0.2, -0.15) is 0 Å². The zero-order valence-corrected chi connectivity index (χ0v) is 20.0. The van der Waals surface area contributed by atoms with E-state index >= 15 is 0 Å². The van der Waals surface area contributed by atoms with Crippen molar-refractivity contribution in [3.8, 4) is 17.2 Å². The third-order valence-electron chi connectivity index (χ3n) is 7.87. The lowest BCUT2D eigenvalue weighted by Gasteiger charge is -2.30. The molecular weight excluding hydrogens is 454 g/mol. The highest BCUT2D eigenvalue weighted by atomic mass is 16.3. The smallest absolute Gasteiger partial charge is 0.182 e. The molecule has 2 atom stereocenters.